The highest BCUT2D eigenvalue weighted by Gasteiger charge is 2.18. The molecule has 3 nitrogen and oxygen atoms in total. The number of aromatic nitrogens is 2. The number of fused-ring (bicyclic) bond motifs is 1. The Kier molecular flexibility index (Phi) is 2.88. The van der Waals surface area contributed by atoms with Crippen molar-refractivity contribution in [1.82, 2.24) is 9.55 Å². The molecule has 0 saturated heterocycles. The van der Waals surface area contributed by atoms with Gasteiger partial charge in [-0.15, -0.1) is 0 Å². The lowest BCUT2D eigenvalue weighted by atomic mass is 10.2. The van der Waals surface area contributed by atoms with E-state index >= 15 is 0 Å². The first-order chi connectivity index (χ1) is 8.75. The number of nitrogens with one attached hydrogen (secondary N) is 1. The van der Waals surface area contributed by atoms with E-state index in [2.05, 4.69) is 4.98 Å². The van der Waals surface area contributed by atoms with Crippen molar-refractivity contribution < 1.29 is 0 Å². The molecule has 0 bridgehead atoms. The summed E-state index contributed by atoms with van der Waals surface area (Å²) in [5.74, 6) is 0. The van der Waals surface area contributed by atoms with Crippen molar-refractivity contribution in [1.29, 1.82) is 0 Å². The van der Waals surface area contributed by atoms with Gasteiger partial charge in [0.05, 0.1) is 6.54 Å². The predicted molar refractivity (Wildman–Crippen MR) is 73.5 cm³/mol. The fourth-order valence-electron chi connectivity index (χ4n) is 2.57. The van der Waals surface area contributed by atoms with Crippen molar-refractivity contribution in [2.24, 2.45) is 0 Å². The van der Waals surface area contributed by atoms with E-state index in [1.165, 1.54) is 0 Å². The van der Waals surface area contributed by atoms with Gasteiger partial charge in [0.2, 0.25) is 0 Å². The van der Waals surface area contributed by atoms with Crippen molar-refractivity contribution in [3.63, 3.8) is 0 Å². The SMILES string of the molecule is O=c1[nH]c(=S)c2c(n1Cc1ccccc1)CCC2. The van der Waals surface area contributed by atoms with Crippen molar-refractivity contribution in [3.8, 4) is 0 Å². The summed E-state index contributed by atoms with van der Waals surface area (Å²) >= 11 is 5.22. The van der Waals surface area contributed by atoms with E-state index in [4.69, 9.17) is 12.2 Å². The Hall–Kier alpha value is -1.68. The van der Waals surface area contributed by atoms with Gasteiger partial charge in [0.15, 0.2) is 0 Å². The summed E-state index contributed by atoms with van der Waals surface area (Å²) in [4.78, 5) is 14.8. The van der Waals surface area contributed by atoms with Gasteiger partial charge in [-0.05, 0) is 24.8 Å². The summed E-state index contributed by atoms with van der Waals surface area (Å²) in [7, 11) is 0. The van der Waals surface area contributed by atoms with E-state index in [0.717, 1.165) is 36.1 Å². The van der Waals surface area contributed by atoms with Gasteiger partial charge in [-0.1, -0.05) is 42.5 Å². The largest absolute Gasteiger partial charge is 0.327 e. The standard InChI is InChI=1S/C14H14N2OS/c17-14-15-13(18)11-7-4-8-12(11)16(14)9-10-5-2-1-3-6-10/h1-3,5-6H,4,7-9H2,(H,15,17,18). The summed E-state index contributed by atoms with van der Waals surface area (Å²) in [5, 5.41) is 0. The first-order valence-corrected chi connectivity index (χ1v) is 6.55. The summed E-state index contributed by atoms with van der Waals surface area (Å²) in [5.41, 5.74) is 3.32. The lowest BCUT2D eigenvalue weighted by molar-refractivity contribution is 0.680. The number of nitrogens with zero attached hydrogens (tertiary/aromatic N) is 1. The van der Waals surface area contributed by atoms with E-state index in [1.807, 2.05) is 34.9 Å². The van der Waals surface area contributed by atoms with Crippen LogP contribution in [-0.2, 0) is 19.4 Å². The monoisotopic (exact) mass is 258 g/mol. The maximum Gasteiger partial charge on any atom is 0.327 e. The van der Waals surface area contributed by atoms with Gasteiger partial charge in [-0.3, -0.25) is 9.55 Å². The van der Waals surface area contributed by atoms with E-state index in [0.29, 0.717) is 11.2 Å². The van der Waals surface area contributed by atoms with Crippen LogP contribution in [0.3, 0.4) is 0 Å². The van der Waals surface area contributed by atoms with Crippen LogP contribution in [0, 0.1) is 4.64 Å². The van der Waals surface area contributed by atoms with Crippen LogP contribution in [-0.4, -0.2) is 9.55 Å². The molecule has 3 rings (SSSR count). The lowest BCUT2D eigenvalue weighted by Gasteiger charge is -2.11. The van der Waals surface area contributed by atoms with Crippen molar-refractivity contribution >= 4 is 12.2 Å². The molecule has 1 heterocycles. The predicted octanol–water partition coefficient (Wildman–Crippen LogP) is 2.44. The average Bonchev–Trinajstić information content (AvgIpc) is 2.85. The quantitative estimate of drug-likeness (QED) is 0.840. The first kappa shape index (κ1) is 11.4. The summed E-state index contributed by atoms with van der Waals surface area (Å²) in [6, 6.07) is 10.0. The maximum atomic E-state index is 12.0. The molecular formula is C14H14N2OS. The van der Waals surface area contributed by atoms with Crippen LogP contribution in [0.2, 0.25) is 0 Å². The van der Waals surface area contributed by atoms with Crippen LogP contribution in [0.25, 0.3) is 0 Å². The number of aromatic amines is 1. The average molecular weight is 258 g/mol. The minimum absolute atomic E-state index is 0.0931. The maximum absolute atomic E-state index is 12.0. The molecule has 4 heteroatoms. The molecule has 1 aliphatic rings. The van der Waals surface area contributed by atoms with Gasteiger partial charge in [-0.25, -0.2) is 4.79 Å². The molecule has 0 fully saturated rings. The van der Waals surface area contributed by atoms with Crippen LogP contribution in [0.15, 0.2) is 35.1 Å². The third kappa shape index (κ3) is 1.93. The van der Waals surface area contributed by atoms with Gasteiger partial charge < -0.3 is 0 Å². The van der Waals surface area contributed by atoms with Crippen LogP contribution in [0.5, 0.6) is 0 Å². The molecule has 92 valence electrons. The minimum Gasteiger partial charge on any atom is -0.298 e. The molecule has 0 spiro atoms. The van der Waals surface area contributed by atoms with E-state index in [1.54, 1.807) is 0 Å². The zero-order valence-electron chi connectivity index (χ0n) is 9.98. The molecule has 0 aliphatic heterocycles. The Bertz CT molecular complexity index is 685. The van der Waals surface area contributed by atoms with Gasteiger partial charge in [0.25, 0.3) is 0 Å². The molecule has 18 heavy (non-hydrogen) atoms. The molecule has 1 aliphatic carbocycles. The Balaban J connectivity index is 2.11. The second kappa shape index (κ2) is 4.53. The first-order valence-electron chi connectivity index (χ1n) is 6.14. The van der Waals surface area contributed by atoms with Crippen molar-refractivity contribution in [3.05, 3.63) is 62.3 Å². The van der Waals surface area contributed by atoms with Crippen LogP contribution in [0.4, 0.5) is 0 Å². The molecule has 1 N–H and O–H groups in total. The molecule has 1 aromatic heterocycles. The number of H-pyrrole nitrogens is 1. The van der Waals surface area contributed by atoms with Gasteiger partial charge in [-0.2, -0.15) is 0 Å². The number of rotatable bonds is 2. The molecule has 1 aromatic carbocycles. The number of benzene rings is 1. The Labute approximate surface area is 110 Å². The van der Waals surface area contributed by atoms with Crippen LogP contribution >= 0.6 is 12.2 Å². The number of hydrogen-bond acceptors (Lipinski definition) is 2. The zero-order valence-corrected chi connectivity index (χ0v) is 10.8. The fraction of sp³-hybridized carbons (Fsp3) is 0.286. The van der Waals surface area contributed by atoms with Gasteiger partial charge in [0, 0.05) is 11.3 Å². The Morgan fingerprint density at radius 1 is 1.22 bits per heavy atom. The van der Waals surface area contributed by atoms with Gasteiger partial charge >= 0.3 is 5.69 Å². The highest BCUT2D eigenvalue weighted by Crippen LogP contribution is 2.21. The topological polar surface area (TPSA) is 37.8 Å². The van der Waals surface area contributed by atoms with Crippen LogP contribution in [0.1, 0.15) is 23.2 Å². The summed E-state index contributed by atoms with van der Waals surface area (Å²) in [6.45, 7) is 0.619. The Morgan fingerprint density at radius 3 is 2.78 bits per heavy atom. The third-order valence-electron chi connectivity index (χ3n) is 3.44. The fourth-order valence-corrected chi connectivity index (χ4v) is 2.87. The van der Waals surface area contributed by atoms with Crippen molar-refractivity contribution in [2.45, 2.75) is 25.8 Å². The second-order valence-corrected chi connectivity index (χ2v) is 5.02. The minimum atomic E-state index is -0.0931. The zero-order chi connectivity index (χ0) is 12.5. The van der Waals surface area contributed by atoms with Crippen molar-refractivity contribution in [2.75, 3.05) is 0 Å². The van der Waals surface area contributed by atoms with E-state index in [9.17, 15) is 4.79 Å². The molecule has 2 aromatic rings. The molecule has 0 saturated carbocycles. The summed E-state index contributed by atoms with van der Waals surface area (Å²) in [6.07, 6.45) is 3.03. The molecule has 0 amide bonds. The second-order valence-electron chi connectivity index (χ2n) is 4.61. The normalized spacial score (nSPS) is 13.6. The van der Waals surface area contributed by atoms with E-state index in [-0.39, 0.29) is 5.69 Å². The smallest absolute Gasteiger partial charge is 0.298 e. The number of hydrogen-bond donors (Lipinski definition) is 1. The van der Waals surface area contributed by atoms with Gasteiger partial charge in [0.1, 0.15) is 4.64 Å². The summed E-state index contributed by atoms with van der Waals surface area (Å²) < 4.78 is 2.45. The third-order valence-corrected chi connectivity index (χ3v) is 3.79. The highest BCUT2D eigenvalue weighted by molar-refractivity contribution is 7.71. The lowest BCUT2D eigenvalue weighted by Crippen LogP contribution is -2.27. The van der Waals surface area contributed by atoms with E-state index < -0.39 is 0 Å². The Morgan fingerprint density at radius 2 is 2.00 bits per heavy atom. The highest BCUT2D eigenvalue weighted by atomic mass is 32.1. The van der Waals surface area contributed by atoms with Crippen LogP contribution < -0.4 is 5.69 Å². The molecule has 0 atom stereocenters. The molecule has 0 unspecified atom stereocenters. The molecule has 0 radical (unpaired) electrons. The molecular weight excluding hydrogens is 244 g/mol.